The lowest BCUT2D eigenvalue weighted by Gasteiger charge is -2.34. The molecule has 1 amide bonds. The standard InChI is InChI=1S/C21H21F3N6O/c1-13(31)27-19-9-14-8-17(15-7-16(11-25-10-15)21(22,23)24)20(28-18(14)12-26-19)30-5-3-29(2)4-6-30/h7-12H,3-6H2,1-2H3,(H,26,27,31). The van der Waals surface area contributed by atoms with Crippen molar-refractivity contribution < 1.29 is 18.0 Å². The van der Waals surface area contributed by atoms with Crippen LogP contribution in [0.25, 0.3) is 22.0 Å². The van der Waals surface area contributed by atoms with Crippen LogP contribution in [0.15, 0.2) is 36.8 Å². The third kappa shape index (κ3) is 4.58. The smallest absolute Gasteiger partial charge is 0.354 e. The van der Waals surface area contributed by atoms with Crippen molar-refractivity contribution >= 4 is 28.4 Å². The Kier molecular flexibility index (Phi) is 5.48. The zero-order chi connectivity index (χ0) is 22.2. The van der Waals surface area contributed by atoms with Crippen molar-refractivity contribution in [1.29, 1.82) is 0 Å². The Morgan fingerprint density at radius 1 is 1.06 bits per heavy atom. The highest BCUT2D eigenvalue weighted by molar-refractivity contribution is 5.93. The number of fused-ring (bicyclic) bond motifs is 1. The van der Waals surface area contributed by atoms with E-state index in [2.05, 4.69) is 25.1 Å². The van der Waals surface area contributed by atoms with E-state index in [1.54, 1.807) is 18.3 Å². The van der Waals surface area contributed by atoms with Crippen molar-refractivity contribution in [2.24, 2.45) is 0 Å². The summed E-state index contributed by atoms with van der Waals surface area (Å²) in [5.41, 5.74) is 0.654. The van der Waals surface area contributed by atoms with Gasteiger partial charge in [0.25, 0.3) is 0 Å². The molecule has 1 fully saturated rings. The zero-order valence-electron chi connectivity index (χ0n) is 17.1. The summed E-state index contributed by atoms with van der Waals surface area (Å²) in [7, 11) is 2.02. The summed E-state index contributed by atoms with van der Waals surface area (Å²) in [4.78, 5) is 28.4. The monoisotopic (exact) mass is 430 g/mol. The number of likely N-dealkylation sites (N-methyl/N-ethyl adjacent to an activating group) is 1. The molecular formula is C21H21F3N6O. The number of amides is 1. The van der Waals surface area contributed by atoms with Gasteiger partial charge in [-0.1, -0.05) is 0 Å². The molecule has 162 valence electrons. The Labute approximate surface area is 176 Å². The Morgan fingerprint density at radius 2 is 1.81 bits per heavy atom. The Hall–Kier alpha value is -3.27. The van der Waals surface area contributed by atoms with E-state index in [1.807, 2.05) is 7.05 Å². The molecule has 0 spiro atoms. The minimum absolute atomic E-state index is 0.267. The van der Waals surface area contributed by atoms with Gasteiger partial charge < -0.3 is 15.1 Å². The third-order valence-corrected chi connectivity index (χ3v) is 5.16. The van der Waals surface area contributed by atoms with Crippen LogP contribution in [0.4, 0.5) is 24.8 Å². The summed E-state index contributed by atoms with van der Waals surface area (Å²) >= 11 is 0. The predicted molar refractivity (Wildman–Crippen MR) is 112 cm³/mol. The Morgan fingerprint density at radius 3 is 2.48 bits per heavy atom. The Balaban J connectivity index is 1.87. The van der Waals surface area contributed by atoms with E-state index in [4.69, 9.17) is 4.98 Å². The van der Waals surface area contributed by atoms with Crippen LogP contribution < -0.4 is 10.2 Å². The van der Waals surface area contributed by atoms with Gasteiger partial charge in [0.05, 0.1) is 17.3 Å². The normalized spacial score (nSPS) is 15.3. The topological polar surface area (TPSA) is 74.2 Å². The number of halogens is 3. The lowest BCUT2D eigenvalue weighted by Crippen LogP contribution is -2.45. The summed E-state index contributed by atoms with van der Waals surface area (Å²) in [5.74, 6) is 0.675. The minimum Gasteiger partial charge on any atom is -0.354 e. The number of pyridine rings is 3. The van der Waals surface area contributed by atoms with Crippen LogP contribution in [0, 0.1) is 0 Å². The van der Waals surface area contributed by atoms with E-state index in [0.29, 0.717) is 46.8 Å². The number of nitrogens with zero attached hydrogens (tertiary/aromatic N) is 5. The number of carbonyl (C=O) groups excluding carboxylic acids is 1. The molecule has 4 heterocycles. The van der Waals surface area contributed by atoms with Gasteiger partial charge in [0.2, 0.25) is 5.91 Å². The van der Waals surface area contributed by atoms with Crippen molar-refractivity contribution in [1.82, 2.24) is 19.9 Å². The maximum absolute atomic E-state index is 13.3. The first-order valence-corrected chi connectivity index (χ1v) is 9.75. The number of hydrogen-bond acceptors (Lipinski definition) is 6. The zero-order valence-corrected chi connectivity index (χ0v) is 17.1. The number of aromatic nitrogens is 3. The fourth-order valence-electron chi connectivity index (χ4n) is 3.53. The van der Waals surface area contributed by atoms with E-state index in [1.165, 1.54) is 13.1 Å². The molecule has 7 nitrogen and oxygen atoms in total. The average Bonchev–Trinajstić information content (AvgIpc) is 2.72. The number of rotatable bonds is 3. The molecule has 4 rings (SSSR count). The fourth-order valence-corrected chi connectivity index (χ4v) is 3.53. The molecule has 0 radical (unpaired) electrons. The van der Waals surface area contributed by atoms with Crippen molar-refractivity contribution in [2.75, 3.05) is 43.4 Å². The minimum atomic E-state index is -4.50. The second-order valence-corrected chi connectivity index (χ2v) is 7.55. The summed E-state index contributed by atoms with van der Waals surface area (Å²) in [6, 6.07) is 4.52. The van der Waals surface area contributed by atoms with E-state index in [-0.39, 0.29) is 5.91 Å². The summed E-state index contributed by atoms with van der Waals surface area (Å²) < 4.78 is 39.9. The second kappa shape index (κ2) is 8.10. The Bertz CT molecular complexity index is 1130. The molecule has 3 aromatic rings. The van der Waals surface area contributed by atoms with Gasteiger partial charge in [-0.05, 0) is 25.2 Å². The molecule has 1 N–H and O–H groups in total. The molecular weight excluding hydrogens is 409 g/mol. The molecule has 0 aliphatic carbocycles. The van der Waals surface area contributed by atoms with E-state index < -0.39 is 11.7 Å². The summed E-state index contributed by atoms with van der Waals surface area (Å²) in [5, 5.41) is 3.27. The van der Waals surface area contributed by atoms with Crippen LogP contribution in [0.5, 0.6) is 0 Å². The molecule has 0 aromatic carbocycles. The van der Waals surface area contributed by atoms with E-state index in [9.17, 15) is 18.0 Å². The molecule has 10 heteroatoms. The van der Waals surface area contributed by atoms with Crippen molar-refractivity contribution in [3.63, 3.8) is 0 Å². The lowest BCUT2D eigenvalue weighted by atomic mass is 10.0. The van der Waals surface area contributed by atoms with Gasteiger partial charge in [0.15, 0.2) is 0 Å². The molecule has 1 aliphatic rings. The van der Waals surface area contributed by atoms with Crippen molar-refractivity contribution in [2.45, 2.75) is 13.1 Å². The number of nitrogens with one attached hydrogen (secondary N) is 1. The van der Waals surface area contributed by atoms with Crippen LogP contribution >= 0.6 is 0 Å². The number of piperazine rings is 1. The van der Waals surface area contributed by atoms with Crippen molar-refractivity contribution in [3.8, 4) is 11.1 Å². The third-order valence-electron chi connectivity index (χ3n) is 5.16. The maximum Gasteiger partial charge on any atom is 0.417 e. The predicted octanol–water partition coefficient (Wildman–Crippen LogP) is 3.42. The van der Waals surface area contributed by atoms with E-state index >= 15 is 0 Å². The first-order chi connectivity index (χ1) is 14.7. The maximum atomic E-state index is 13.3. The number of hydrogen-bond donors (Lipinski definition) is 1. The van der Waals surface area contributed by atoms with Gasteiger partial charge in [-0.15, -0.1) is 0 Å². The van der Waals surface area contributed by atoms with Gasteiger partial charge in [0, 0.05) is 62.0 Å². The van der Waals surface area contributed by atoms with E-state index in [0.717, 1.165) is 25.4 Å². The number of carbonyl (C=O) groups is 1. The van der Waals surface area contributed by atoms with Crippen molar-refractivity contribution in [3.05, 3.63) is 42.4 Å². The van der Waals surface area contributed by atoms with Gasteiger partial charge in [-0.25, -0.2) is 9.97 Å². The highest BCUT2D eigenvalue weighted by Gasteiger charge is 2.31. The molecule has 1 aliphatic heterocycles. The number of alkyl halides is 3. The van der Waals surface area contributed by atoms with Gasteiger partial charge in [-0.2, -0.15) is 13.2 Å². The SMILES string of the molecule is CC(=O)Nc1cc2cc(-c3cncc(C(F)(F)F)c3)c(N3CCN(C)CC3)nc2cn1. The van der Waals surface area contributed by atoms with Gasteiger partial charge >= 0.3 is 6.18 Å². The summed E-state index contributed by atoms with van der Waals surface area (Å²) in [6.45, 7) is 4.41. The van der Waals surface area contributed by atoms with Gasteiger partial charge in [0.1, 0.15) is 11.6 Å². The van der Waals surface area contributed by atoms with Crippen LogP contribution in [0.1, 0.15) is 12.5 Å². The van der Waals surface area contributed by atoms with Crippen LogP contribution in [0.3, 0.4) is 0 Å². The first kappa shape index (κ1) is 21.0. The second-order valence-electron chi connectivity index (χ2n) is 7.55. The van der Waals surface area contributed by atoms with Crippen LogP contribution in [0.2, 0.25) is 0 Å². The highest BCUT2D eigenvalue weighted by Crippen LogP contribution is 2.36. The highest BCUT2D eigenvalue weighted by atomic mass is 19.4. The molecule has 3 aromatic heterocycles. The first-order valence-electron chi connectivity index (χ1n) is 9.75. The van der Waals surface area contributed by atoms with Crippen LogP contribution in [-0.2, 0) is 11.0 Å². The molecule has 0 saturated carbocycles. The fraction of sp³-hybridized carbons (Fsp3) is 0.333. The molecule has 1 saturated heterocycles. The lowest BCUT2D eigenvalue weighted by molar-refractivity contribution is -0.137. The largest absolute Gasteiger partial charge is 0.417 e. The molecule has 0 bridgehead atoms. The molecule has 0 unspecified atom stereocenters. The average molecular weight is 430 g/mol. The molecule has 0 atom stereocenters. The van der Waals surface area contributed by atoms with Gasteiger partial charge in [-0.3, -0.25) is 9.78 Å². The molecule has 31 heavy (non-hydrogen) atoms. The quantitative estimate of drug-likeness (QED) is 0.687. The summed E-state index contributed by atoms with van der Waals surface area (Å²) in [6.07, 6.45) is -0.724. The van der Waals surface area contributed by atoms with Crippen LogP contribution in [-0.4, -0.2) is 59.0 Å². The number of anilines is 2.